The van der Waals surface area contributed by atoms with Crippen molar-refractivity contribution in [1.82, 2.24) is 15.1 Å². The summed E-state index contributed by atoms with van der Waals surface area (Å²) in [4.78, 5) is 9.39. The van der Waals surface area contributed by atoms with E-state index in [1.807, 2.05) is 13.1 Å². The van der Waals surface area contributed by atoms with Gasteiger partial charge in [0.2, 0.25) is 0 Å². The van der Waals surface area contributed by atoms with Gasteiger partial charge >= 0.3 is 0 Å². The minimum absolute atomic E-state index is 0.462. The summed E-state index contributed by atoms with van der Waals surface area (Å²) in [6.45, 7) is 11.7. The number of guanidine groups is 1. The molecule has 0 aliphatic carbocycles. The van der Waals surface area contributed by atoms with Crippen molar-refractivity contribution in [3.63, 3.8) is 0 Å². The summed E-state index contributed by atoms with van der Waals surface area (Å²) in [7, 11) is 1.86. The van der Waals surface area contributed by atoms with E-state index in [9.17, 15) is 0 Å². The molecular weight excluding hydrogens is 340 g/mol. The molecule has 2 fully saturated rings. The minimum atomic E-state index is 0.462. The first-order chi connectivity index (χ1) is 13.2. The maximum atomic E-state index is 6.01. The highest BCUT2D eigenvalue weighted by atomic mass is 16.5. The number of aliphatic imine (C=N–C) groups is 1. The predicted octanol–water partition coefficient (Wildman–Crippen LogP) is 2.17. The van der Waals surface area contributed by atoms with Crippen LogP contribution < -0.4 is 10.1 Å². The molecule has 150 valence electrons. The Morgan fingerprint density at radius 2 is 2.04 bits per heavy atom. The lowest BCUT2D eigenvalue weighted by atomic mass is 10.0. The van der Waals surface area contributed by atoms with E-state index in [2.05, 4.69) is 52.2 Å². The Morgan fingerprint density at radius 3 is 2.78 bits per heavy atom. The Balaban J connectivity index is 1.43. The molecule has 6 heteroatoms. The van der Waals surface area contributed by atoms with Crippen molar-refractivity contribution in [2.75, 3.05) is 59.6 Å². The lowest BCUT2D eigenvalue weighted by Crippen LogP contribution is -2.47. The molecule has 1 aromatic carbocycles. The summed E-state index contributed by atoms with van der Waals surface area (Å²) in [5.41, 5.74) is 1.26. The number of benzene rings is 1. The van der Waals surface area contributed by atoms with E-state index in [1.54, 1.807) is 0 Å². The van der Waals surface area contributed by atoms with E-state index in [0.29, 0.717) is 18.6 Å². The number of ether oxygens (including phenoxy) is 2. The van der Waals surface area contributed by atoms with Crippen LogP contribution in [0.4, 0.5) is 0 Å². The Kier molecular flexibility index (Phi) is 7.35. The van der Waals surface area contributed by atoms with E-state index in [0.717, 1.165) is 57.6 Å². The number of rotatable bonds is 6. The van der Waals surface area contributed by atoms with Gasteiger partial charge in [-0.1, -0.05) is 32.0 Å². The van der Waals surface area contributed by atoms with Gasteiger partial charge in [0, 0.05) is 39.3 Å². The molecule has 2 aliphatic heterocycles. The van der Waals surface area contributed by atoms with Crippen molar-refractivity contribution in [3.8, 4) is 5.75 Å². The number of morpholine rings is 1. The molecule has 1 N–H and O–H groups in total. The average molecular weight is 375 g/mol. The van der Waals surface area contributed by atoms with Gasteiger partial charge in [0.1, 0.15) is 12.4 Å². The van der Waals surface area contributed by atoms with E-state index in [1.165, 1.54) is 12.0 Å². The third-order valence-electron chi connectivity index (χ3n) is 5.42. The topological polar surface area (TPSA) is 49.3 Å². The molecule has 0 bridgehead atoms. The molecule has 2 saturated heterocycles. The van der Waals surface area contributed by atoms with Crippen LogP contribution in [0.1, 0.15) is 31.7 Å². The third kappa shape index (κ3) is 5.36. The molecule has 2 heterocycles. The molecule has 27 heavy (non-hydrogen) atoms. The van der Waals surface area contributed by atoms with Crippen LogP contribution in [0.25, 0.3) is 0 Å². The summed E-state index contributed by atoms with van der Waals surface area (Å²) in [6.07, 6.45) is 1.19. The minimum Gasteiger partial charge on any atom is -0.491 e. The van der Waals surface area contributed by atoms with E-state index in [-0.39, 0.29) is 0 Å². The fourth-order valence-electron chi connectivity index (χ4n) is 3.92. The standard InChI is InChI=1S/C21H34N4O2/c1-17(2)19-6-4-5-7-20(19)27-13-9-23-21(22-3)25-10-8-18(16-25)24-11-14-26-15-12-24/h4-7,17-18H,8-16H2,1-3H3,(H,22,23). The van der Waals surface area contributed by atoms with Crippen LogP contribution in [0.5, 0.6) is 5.75 Å². The molecule has 0 amide bonds. The summed E-state index contributed by atoms with van der Waals surface area (Å²) in [6, 6.07) is 8.91. The highest BCUT2D eigenvalue weighted by molar-refractivity contribution is 5.80. The molecule has 1 unspecified atom stereocenters. The maximum Gasteiger partial charge on any atom is 0.193 e. The van der Waals surface area contributed by atoms with Gasteiger partial charge in [0.15, 0.2) is 5.96 Å². The summed E-state index contributed by atoms with van der Waals surface area (Å²) >= 11 is 0. The van der Waals surface area contributed by atoms with Crippen molar-refractivity contribution in [2.24, 2.45) is 4.99 Å². The second-order valence-electron chi connectivity index (χ2n) is 7.55. The monoisotopic (exact) mass is 374 g/mol. The zero-order valence-corrected chi connectivity index (χ0v) is 17.0. The van der Waals surface area contributed by atoms with Gasteiger partial charge in [0.25, 0.3) is 0 Å². The molecule has 1 aromatic rings. The smallest absolute Gasteiger partial charge is 0.193 e. The number of para-hydroxylation sites is 1. The normalized spacial score (nSPS) is 21.7. The average Bonchev–Trinajstić information content (AvgIpc) is 3.19. The van der Waals surface area contributed by atoms with Gasteiger partial charge < -0.3 is 19.7 Å². The zero-order chi connectivity index (χ0) is 19.1. The van der Waals surface area contributed by atoms with Gasteiger partial charge in [-0.3, -0.25) is 9.89 Å². The van der Waals surface area contributed by atoms with E-state index in [4.69, 9.17) is 9.47 Å². The molecular formula is C21H34N4O2. The number of hydrogen-bond acceptors (Lipinski definition) is 4. The Bertz CT molecular complexity index is 614. The van der Waals surface area contributed by atoms with Crippen molar-refractivity contribution in [2.45, 2.75) is 32.2 Å². The molecule has 0 radical (unpaired) electrons. The summed E-state index contributed by atoms with van der Waals surface area (Å²) in [5.74, 6) is 2.42. The van der Waals surface area contributed by atoms with Gasteiger partial charge in [-0.2, -0.15) is 0 Å². The van der Waals surface area contributed by atoms with Crippen LogP contribution in [0.3, 0.4) is 0 Å². The largest absolute Gasteiger partial charge is 0.491 e. The third-order valence-corrected chi connectivity index (χ3v) is 5.42. The zero-order valence-electron chi connectivity index (χ0n) is 17.0. The number of nitrogens with zero attached hydrogens (tertiary/aromatic N) is 3. The van der Waals surface area contributed by atoms with Crippen LogP contribution in [-0.2, 0) is 4.74 Å². The fraction of sp³-hybridized carbons (Fsp3) is 0.667. The molecule has 1 atom stereocenters. The molecule has 2 aliphatic rings. The molecule has 6 nitrogen and oxygen atoms in total. The van der Waals surface area contributed by atoms with Crippen LogP contribution >= 0.6 is 0 Å². The van der Waals surface area contributed by atoms with Crippen LogP contribution in [0.15, 0.2) is 29.3 Å². The first-order valence-electron chi connectivity index (χ1n) is 10.2. The van der Waals surface area contributed by atoms with Gasteiger partial charge in [-0.15, -0.1) is 0 Å². The first kappa shape index (κ1) is 20.0. The van der Waals surface area contributed by atoms with Crippen molar-refractivity contribution in [3.05, 3.63) is 29.8 Å². The number of hydrogen-bond donors (Lipinski definition) is 1. The second kappa shape index (κ2) is 9.95. The lowest BCUT2D eigenvalue weighted by molar-refractivity contribution is 0.0195. The van der Waals surface area contributed by atoms with Crippen molar-refractivity contribution < 1.29 is 9.47 Å². The Morgan fingerprint density at radius 1 is 1.26 bits per heavy atom. The number of nitrogens with one attached hydrogen (secondary N) is 1. The Hall–Kier alpha value is -1.79. The first-order valence-corrected chi connectivity index (χ1v) is 10.2. The van der Waals surface area contributed by atoms with Crippen LogP contribution in [0.2, 0.25) is 0 Å². The van der Waals surface area contributed by atoms with E-state index < -0.39 is 0 Å². The summed E-state index contributed by atoms with van der Waals surface area (Å²) in [5, 5.41) is 3.46. The highest BCUT2D eigenvalue weighted by Crippen LogP contribution is 2.25. The summed E-state index contributed by atoms with van der Waals surface area (Å²) < 4.78 is 11.5. The second-order valence-corrected chi connectivity index (χ2v) is 7.55. The quantitative estimate of drug-likeness (QED) is 0.470. The molecule has 3 rings (SSSR count). The maximum absolute atomic E-state index is 6.01. The van der Waals surface area contributed by atoms with Crippen molar-refractivity contribution >= 4 is 5.96 Å². The highest BCUT2D eigenvalue weighted by Gasteiger charge is 2.30. The predicted molar refractivity (Wildman–Crippen MR) is 110 cm³/mol. The SMILES string of the molecule is CN=C(NCCOc1ccccc1C(C)C)N1CCC(N2CCOCC2)C1. The van der Waals surface area contributed by atoms with Gasteiger partial charge in [-0.25, -0.2) is 0 Å². The Labute approximate surface area is 163 Å². The van der Waals surface area contributed by atoms with Crippen LogP contribution in [0, 0.1) is 0 Å². The number of likely N-dealkylation sites (tertiary alicyclic amines) is 1. The van der Waals surface area contributed by atoms with E-state index >= 15 is 0 Å². The lowest BCUT2D eigenvalue weighted by Gasteiger charge is -2.32. The van der Waals surface area contributed by atoms with Gasteiger partial charge in [0.05, 0.1) is 19.8 Å². The van der Waals surface area contributed by atoms with Gasteiger partial charge in [-0.05, 0) is 24.0 Å². The molecule has 0 aromatic heterocycles. The fourth-order valence-corrected chi connectivity index (χ4v) is 3.92. The van der Waals surface area contributed by atoms with Crippen molar-refractivity contribution in [1.29, 1.82) is 0 Å². The van der Waals surface area contributed by atoms with Crippen LogP contribution in [-0.4, -0.2) is 81.4 Å². The molecule has 0 saturated carbocycles. The molecule has 0 spiro atoms.